The predicted octanol–water partition coefficient (Wildman–Crippen LogP) is 3.98. The van der Waals surface area contributed by atoms with Crippen LogP contribution in [0, 0.1) is 5.92 Å². The first-order valence-electron chi connectivity index (χ1n) is 8.76. The second-order valence-corrected chi connectivity index (χ2v) is 6.52. The summed E-state index contributed by atoms with van der Waals surface area (Å²) in [7, 11) is 0. The molecule has 1 saturated heterocycles. The Morgan fingerprint density at radius 3 is 2.50 bits per heavy atom. The van der Waals surface area contributed by atoms with Crippen LogP contribution in [0.5, 0.6) is 0 Å². The molecule has 3 aromatic rings. The van der Waals surface area contributed by atoms with E-state index in [0.717, 1.165) is 5.56 Å². The number of carboxylic acid groups (broad SMARTS) is 1. The number of benzene rings is 2. The molecule has 0 aliphatic carbocycles. The van der Waals surface area contributed by atoms with Crippen LogP contribution in [0.2, 0.25) is 0 Å². The lowest BCUT2D eigenvalue weighted by atomic mass is 10.1. The van der Waals surface area contributed by atoms with Crippen molar-refractivity contribution in [3.63, 3.8) is 0 Å². The molecule has 1 amide bonds. The molecule has 2 aromatic carbocycles. The van der Waals surface area contributed by atoms with Crippen LogP contribution < -0.4 is 0 Å². The number of nitrogens with zero attached hydrogens (tertiary/aromatic N) is 2. The van der Waals surface area contributed by atoms with E-state index in [1.165, 1.54) is 0 Å². The number of carbonyl (C=O) groups is 2. The van der Waals surface area contributed by atoms with Crippen molar-refractivity contribution in [2.75, 3.05) is 13.1 Å². The zero-order valence-electron chi connectivity index (χ0n) is 14.9. The van der Waals surface area contributed by atoms with Crippen molar-refractivity contribution in [1.82, 2.24) is 9.88 Å². The van der Waals surface area contributed by atoms with Gasteiger partial charge in [-0.25, -0.2) is 4.98 Å². The molecule has 1 aromatic heterocycles. The summed E-state index contributed by atoms with van der Waals surface area (Å²) in [5, 5.41) is 9.16. The van der Waals surface area contributed by atoms with E-state index in [2.05, 4.69) is 4.98 Å². The molecular formula is C21H19ClN2O4. The highest BCUT2D eigenvalue weighted by atomic mass is 35.5. The van der Waals surface area contributed by atoms with Gasteiger partial charge in [-0.05, 0) is 18.6 Å². The van der Waals surface area contributed by atoms with Gasteiger partial charge in [0.15, 0.2) is 5.76 Å². The molecule has 1 N–H and O–H groups in total. The summed E-state index contributed by atoms with van der Waals surface area (Å²) in [5.41, 5.74) is 1.97. The van der Waals surface area contributed by atoms with E-state index < -0.39 is 11.9 Å². The first-order valence-corrected chi connectivity index (χ1v) is 8.76. The molecule has 1 aliphatic rings. The lowest BCUT2D eigenvalue weighted by Crippen LogP contribution is -2.30. The van der Waals surface area contributed by atoms with Gasteiger partial charge in [0, 0.05) is 24.2 Å². The van der Waals surface area contributed by atoms with E-state index in [9.17, 15) is 9.59 Å². The Morgan fingerprint density at radius 1 is 1.07 bits per heavy atom. The highest BCUT2D eigenvalue weighted by Gasteiger charge is 2.32. The summed E-state index contributed by atoms with van der Waals surface area (Å²) in [6.45, 7) is 0.661. The first kappa shape index (κ1) is 19.6. The summed E-state index contributed by atoms with van der Waals surface area (Å²) in [6, 6.07) is 16.7. The number of aromatic nitrogens is 1. The number of hydrogen-bond acceptors (Lipinski definition) is 4. The first-order chi connectivity index (χ1) is 13.1. The van der Waals surface area contributed by atoms with Gasteiger partial charge in [0.25, 0.3) is 5.91 Å². The van der Waals surface area contributed by atoms with Crippen molar-refractivity contribution < 1.29 is 19.1 Å². The summed E-state index contributed by atoms with van der Waals surface area (Å²) >= 11 is 0. The van der Waals surface area contributed by atoms with E-state index in [0.29, 0.717) is 35.7 Å². The predicted molar refractivity (Wildman–Crippen MR) is 106 cm³/mol. The third-order valence-corrected chi connectivity index (χ3v) is 4.78. The van der Waals surface area contributed by atoms with Crippen molar-refractivity contribution in [3.8, 4) is 22.8 Å². The molecule has 7 heteroatoms. The Hall–Kier alpha value is -3.12. The Bertz CT molecular complexity index is 987. The van der Waals surface area contributed by atoms with Crippen molar-refractivity contribution in [2.24, 2.45) is 5.92 Å². The van der Waals surface area contributed by atoms with Gasteiger partial charge in [-0.2, -0.15) is 0 Å². The van der Waals surface area contributed by atoms with E-state index in [-0.39, 0.29) is 24.9 Å². The van der Waals surface area contributed by atoms with E-state index >= 15 is 0 Å². The van der Waals surface area contributed by atoms with Crippen molar-refractivity contribution in [3.05, 3.63) is 66.4 Å². The third-order valence-electron chi connectivity index (χ3n) is 4.78. The van der Waals surface area contributed by atoms with Gasteiger partial charge in [0.1, 0.15) is 0 Å². The number of rotatable bonds is 4. The quantitative estimate of drug-likeness (QED) is 0.718. The number of likely N-dealkylation sites (tertiary alicyclic amines) is 1. The van der Waals surface area contributed by atoms with Crippen LogP contribution >= 0.6 is 12.4 Å². The molecule has 28 heavy (non-hydrogen) atoms. The summed E-state index contributed by atoms with van der Waals surface area (Å²) in [4.78, 5) is 30.0. The normalized spacial score (nSPS) is 15.9. The fourth-order valence-corrected chi connectivity index (χ4v) is 3.31. The lowest BCUT2D eigenvalue weighted by Gasteiger charge is -2.17. The van der Waals surface area contributed by atoms with Crippen molar-refractivity contribution in [2.45, 2.75) is 6.42 Å². The Morgan fingerprint density at radius 2 is 1.79 bits per heavy atom. The van der Waals surface area contributed by atoms with Crippen LogP contribution in [0.1, 0.15) is 16.8 Å². The molecule has 6 nitrogen and oxygen atoms in total. The minimum absolute atomic E-state index is 0. The second-order valence-electron chi connectivity index (χ2n) is 6.52. The number of oxazole rings is 1. The van der Waals surface area contributed by atoms with E-state index in [4.69, 9.17) is 9.52 Å². The Balaban J connectivity index is 0.00000225. The molecule has 2 heterocycles. The maximum Gasteiger partial charge on any atom is 0.308 e. The molecule has 1 aliphatic heterocycles. The van der Waals surface area contributed by atoms with Crippen LogP contribution in [0.4, 0.5) is 0 Å². The largest absolute Gasteiger partial charge is 0.481 e. The summed E-state index contributed by atoms with van der Waals surface area (Å²) < 4.78 is 5.89. The highest BCUT2D eigenvalue weighted by molar-refractivity contribution is 6.00. The standard InChI is InChI=1S/C21H18N2O4.ClH/c24-20(23-11-10-15(13-23)21(25)26)17-9-5-4-8-16(17)19-22-12-18(27-19)14-6-2-1-3-7-14;/h1-9,12,15H,10-11,13H2,(H,25,26);1H. The molecule has 4 rings (SSSR count). The molecule has 0 saturated carbocycles. The van der Waals surface area contributed by atoms with Crippen molar-refractivity contribution in [1.29, 1.82) is 0 Å². The highest BCUT2D eigenvalue weighted by Crippen LogP contribution is 2.29. The average Bonchev–Trinajstić information content (AvgIpc) is 3.38. The topological polar surface area (TPSA) is 83.6 Å². The van der Waals surface area contributed by atoms with Crippen LogP contribution in [0.3, 0.4) is 0 Å². The van der Waals surface area contributed by atoms with Crippen LogP contribution in [0.15, 0.2) is 65.2 Å². The molecule has 1 atom stereocenters. The number of aliphatic carboxylic acids is 1. The van der Waals surface area contributed by atoms with Crippen LogP contribution in [0.25, 0.3) is 22.8 Å². The lowest BCUT2D eigenvalue weighted by molar-refractivity contribution is -0.141. The zero-order valence-corrected chi connectivity index (χ0v) is 15.8. The molecule has 0 spiro atoms. The second kappa shape index (κ2) is 8.27. The SMILES string of the molecule is Cl.O=C(O)C1CCN(C(=O)c2ccccc2-c2ncc(-c3ccccc3)o2)C1. The van der Waals surface area contributed by atoms with Gasteiger partial charge in [0.2, 0.25) is 5.89 Å². The average molecular weight is 399 g/mol. The van der Waals surface area contributed by atoms with Crippen LogP contribution in [-0.4, -0.2) is 40.0 Å². The zero-order chi connectivity index (χ0) is 18.8. The van der Waals surface area contributed by atoms with Gasteiger partial charge in [-0.1, -0.05) is 42.5 Å². The third kappa shape index (κ3) is 3.77. The van der Waals surface area contributed by atoms with Gasteiger partial charge in [-0.3, -0.25) is 9.59 Å². The fourth-order valence-electron chi connectivity index (χ4n) is 3.31. The molecule has 1 unspecified atom stereocenters. The van der Waals surface area contributed by atoms with E-state index in [1.807, 2.05) is 36.4 Å². The van der Waals surface area contributed by atoms with Gasteiger partial charge in [0.05, 0.1) is 17.7 Å². The van der Waals surface area contributed by atoms with Gasteiger partial charge in [-0.15, -0.1) is 12.4 Å². The monoisotopic (exact) mass is 398 g/mol. The number of halogens is 1. The minimum atomic E-state index is -0.862. The molecule has 144 valence electrons. The number of carboxylic acids is 1. The molecule has 1 fully saturated rings. The Labute approximate surface area is 168 Å². The maximum atomic E-state index is 12.9. The van der Waals surface area contributed by atoms with Crippen molar-refractivity contribution >= 4 is 24.3 Å². The fraction of sp³-hybridized carbons (Fsp3) is 0.190. The number of hydrogen-bond donors (Lipinski definition) is 1. The van der Waals surface area contributed by atoms with E-state index in [1.54, 1.807) is 29.3 Å². The smallest absolute Gasteiger partial charge is 0.308 e. The number of carbonyl (C=O) groups excluding carboxylic acids is 1. The maximum absolute atomic E-state index is 12.9. The Kier molecular flexibility index (Phi) is 5.80. The molecular weight excluding hydrogens is 380 g/mol. The van der Waals surface area contributed by atoms with Gasteiger partial charge < -0.3 is 14.4 Å². The minimum Gasteiger partial charge on any atom is -0.481 e. The van der Waals surface area contributed by atoms with Crippen LogP contribution in [-0.2, 0) is 4.79 Å². The number of amides is 1. The molecule has 0 radical (unpaired) electrons. The van der Waals surface area contributed by atoms with Gasteiger partial charge >= 0.3 is 5.97 Å². The summed E-state index contributed by atoms with van der Waals surface area (Å²) in [6.07, 6.45) is 2.11. The molecule has 0 bridgehead atoms. The summed E-state index contributed by atoms with van der Waals surface area (Å²) in [5.74, 6) is -0.577.